The summed E-state index contributed by atoms with van der Waals surface area (Å²) in [5.74, 6) is -3.44. The Hall–Kier alpha value is -1.90. The Bertz CT molecular complexity index is 476. The number of alkyl halides is 3. The quantitative estimate of drug-likeness (QED) is 0.657. The number of nitrogens with two attached hydrogens (primary N) is 1. The molecule has 0 aliphatic carbocycles. The molecule has 0 spiro atoms. The minimum Gasteiger partial charge on any atom is -0.396 e. The lowest BCUT2D eigenvalue weighted by atomic mass is 10.2. The Balaban J connectivity index is 2.61. The van der Waals surface area contributed by atoms with Crippen molar-refractivity contribution in [3.05, 3.63) is 23.8 Å². The van der Waals surface area contributed by atoms with Crippen molar-refractivity contribution in [2.75, 3.05) is 24.3 Å². The van der Waals surface area contributed by atoms with E-state index < -0.39 is 48.3 Å². The van der Waals surface area contributed by atoms with Gasteiger partial charge in [-0.1, -0.05) is 0 Å². The van der Waals surface area contributed by atoms with Gasteiger partial charge in [-0.25, -0.2) is 8.78 Å². The molecule has 0 heterocycles. The van der Waals surface area contributed by atoms with Gasteiger partial charge in [0, 0.05) is 0 Å². The van der Waals surface area contributed by atoms with E-state index in [9.17, 15) is 26.7 Å². The van der Waals surface area contributed by atoms with Crippen molar-refractivity contribution in [3.63, 3.8) is 0 Å². The highest BCUT2D eigenvalue weighted by Gasteiger charge is 2.28. The zero-order valence-corrected chi connectivity index (χ0v) is 9.35. The molecule has 1 rings (SSSR count). The van der Waals surface area contributed by atoms with E-state index in [2.05, 4.69) is 4.74 Å². The molecule has 0 unspecified atom stereocenters. The summed E-state index contributed by atoms with van der Waals surface area (Å²) in [7, 11) is 0. The first-order valence-electron chi connectivity index (χ1n) is 4.88. The summed E-state index contributed by atoms with van der Waals surface area (Å²) in [6.45, 7) is -2.63. The van der Waals surface area contributed by atoms with Gasteiger partial charge in [0.2, 0.25) is 0 Å². The summed E-state index contributed by atoms with van der Waals surface area (Å²) in [6.07, 6.45) is -4.59. The van der Waals surface area contributed by atoms with Crippen molar-refractivity contribution in [3.8, 4) is 0 Å². The first-order valence-corrected chi connectivity index (χ1v) is 4.88. The van der Waals surface area contributed by atoms with E-state index in [1.807, 2.05) is 0 Å². The molecule has 0 aliphatic rings. The van der Waals surface area contributed by atoms with Crippen LogP contribution >= 0.6 is 0 Å². The number of anilines is 2. The number of halogens is 5. The fraction of sp³-hybridized carbons (Fsp3) is 0.300. The van der Waals surface area contributed by atoms with Crippen molar-refractivity contribution in [1.82, 2.24) is 0 Å². The van der Waals surface area contributed by atoms with Crippen LogP contribution in [0.3, 0.4) is 0 Å². The van der Waals surface area contributed by atoms with Gasteiger partial charge in [0.05, 0.1) is 5.69 Å². The fourth-order valence-electron chi connectivity index (χ4n) is 1.12. The van der Waals surface area contributed by atoms with Crippen molar-refractivity contribution in [2.45, 2.75) is 6.18 Å². The van der Waals surface area contributed by atoms with Crippen LogP contribution in [-0.4, -0.2) is 25.3 Å². The number of amides is 1. The summed E-state index contributed by atoms with van der Waals surface area (Å²) in [4.78, 5) is 11.1. The monoisotopic (exact) mass is 284 g/mol. The predicted molar refractivity (Wildman–Crippen MR) is 56.3 cm³/mol. The Kier molecular flexibility index (Phi) is 4.65. The minimum absolute atomic E-state index is 0.409. The molecule has 19 heavy (non-hydrogen) atoms. The van der Waals surface area contributed by atoms with E-state index in [-0.39, 0.29) is 0 Å². The van der Waals surface area contributed by atoms with Crippen LogP contribution < -0.4 is 11.1 Å². The summed E-state index contributed by atoms with van der Waals surface area (Å²) in [6, 6.07) is 1.76. The minimum atomic E-state index is -4.59. The van der Waals surface area contributed by atoms with E-state index in [1.165, 1.54) is 0 Å². The van der Waals surface area contributed by atoms with Crippen LogP contribution in [0.4, 0.5) is 33.3 Å². The molecule has 0 aromatic heterocycles. The summed E-state index contributed by atoms with van der Waals surface area (Å²) < 4.78 is 65.7. The average Bonchev–Trinajstić information content (AvgIpc) is 2.28. The lowest BCUT2D eigenvalue weighted by molar-refractivity contribution is -0.174. The highest BCUT2D eigenvalue weighted by atomic mass is 19.4. The third kappa shape index (κ3) is 4.70. The van der Waals surface area contributed by atoms with E-state index in [0.717, 1.165) is 12.1 Å². The predicted octanol–water partition coefficient (Wildman–Crippen LogP) is 2.06. The Morgan fingerprint density at radius 2 is 1.95 bits per heavy atom. The fourth-order valence-corrected chi connectivity index (χ4v) is 1.12. The Morgan fingerprint density at radius 3 is 2.53 bits per heavy atom. The lowest BCUT2D eigenvalue weighted by Crippen LogP contribution is -2.24. The number of ether oxygens (including phenoxy) is 1. The highest BCUT2D eigenvalue weighted by Crippen LogP contribution is 2.23. The van der Waals surface area contributed by atoms with E-state index in [1.54, 1.807) is 5.32 Å². The zero-order valence-electron chi connectivity index (χ0n) is 9.35. The van der Waals surface area contributed by atoms with Gasteiger partial charge in [-0.15, -0.1) is 0 Å². The van der Waals surface area contributed by atoms with Crippen LogP contribution in [0.15, 0.2) is 12.1 Å². The van der Waals surface area contributed by atoms with Crippen molar-refractivity contribution < 1.29 is 31.5 Å². The van der Waals surface area contributed by atoms with Crippen LogP contribution in [0.2, 0.25) is 0 Å². The van der Waals surface area contributed by atoms with Crippen LogP contribution in [0.1, 0.15) is 0 Å². The SMILES string of the molecule is Nc1ccc(F)c(NC(=O)COCC(F)(F)F)c1F. The number of nitrogen functional groups attached to an aromatic ring is 1. The molecule has 0 saturated carbocycles. The van der Waals surface area contributed by atoms with E-state index in [4.69, 9.17) is 5.73 Å². The molecule has 4 nitrogen and oxygen atoms in total. The number of hydrogen-bond acceptors (Lipinski definition) is 3. The van der Waals surface area contributed by atoms with Gasteiger partial charge >= 0.3 is 6.18 Å². The summed E-state index contributed by atoms with van der Waals surface area (Å²) in [5, 5.41) is 1.74. The highest BCUT2D eigenvalue weighted by molar-refractivity contribution is 5.92. The van der Waals surface area contributed by atoms with Crippen LogP contribution in [0, 0.1) is 11.6 Å². The molecule has 0 radical (unpaired) electrons. The molecule has 0 atom stereocenters. The molecule has 0 fully saturated rings. The smallest absolute Gasteiger partial charge is 0.396 e. The first kappa shape index (κ1) is 15.2. The number of carbonyl (C=O) groups is 1. The molecule has 0 aliphatic heterocycles. The number of nitrogens with one attached hydrogen (secondary N) is 1. The second kappa shape index (κ2) is 5.83. The molecule has 1 aromatic rings. The molecule has 1 aromatic carbocycles. The topological polar surface area (TPSA) is 64.3 Å². The molecule has 9 heteroatoms. The average molecular weight is 284 g/mol. The van der Waals surface area contributed by atoms with Gasteiger partial charge in [0.1, 0.15) is 24.7 Å². The number of hydrogen-bond donors (Lipinski definition) is 2. The zero-order chi connectivity index (χ0) is 14.6. The van der Waals surface area contributed by atoms with Crippen LogP contribution in [-0.2, 0) is 9.53 Å². The standard InChI is InChI=1S/C10H9F5N2O2/c11-5-1-2-6(16)8(12)9(5)17-7(18)3-19-4-10(13,14)15/h1-2H,3-4,16H2,(H,17,18). The summed E-state index contributed by atoms with van der Waals surface area (Å²) >= 11 is 0. The number of carbonyl (C=O) groups excluding carboxylic acids is 1. The molecule has 1 amide bonds. The second-order valence-electron chi connectivity index (χ2n) is 3.48. The Labute approximate surface area is 104 Å². The van der Waals surface area contributed by atoms with Gasteiger partial charge in [-0.3, -0.25) is 4.79 Å². The molecule has 0 saturated heterocycles. The first-order chi connectivity index (χ1) is 8.70. The maximum absolute atomic E-state index is 13.3. The molecule has 0 bridgehead atoms. The molecule has 106 valence electrons. The summed E-state index contributed by atoms with van der Waals surface area (Å²) in [5.41, 5.74) is 3.91. The molecule has 3 N–H and O–H groups in total. The van der Waals surface area contributed by atoms with Crippen molar-refractivity contribution in [2.24, 2.45) is 0 Å². The molecular formula is C10H9F5N2O2. The van der Waals surface area contributed by atoms with Crippen molar-refractivity contribution >= 4 is 17.3 Å². The molecular weight excluding hydrogens is 275 g/mol. The second-order valence-corrected chi connectivity index (χ2v) is 3.48. The van der Waals surface area contributed by atoms with E-state index in [0.29, 0.717) is 0 Å². The number of benzene rings is 1. The lowest BCUT2D eigenvalue weighted by Gasteiger charge is -2.10. The van der Waals surface area contributed by atoms with Gasteiger partial charge in [0.25, 0.3) is 5.91 Å². The van der Waals surface area contributed by atoms with Gasteiger partial charge in [-0.05, 0) is 12.1 Å². The van der Waals surface area contributed by atoms with Crippen molar-refractivity contribution in [1.29, 1.82) is 0 Å². The van der Waals surface area contributed by atoms with Crippen LogP contribution in [0.5, 0.6) is 0 Å². The third-order valence-corrected chi connectivity index (χ3v) is 1.88. The largest absolute Gasteiger partial charge is 0.411 e. The van der Waals surface area contributed by atoms with Gasteiger partial charge < -0.3 is 15.8 Å². The third-order valence-electron chi connectivity index (χ3n) is 1.88. The maximum Gasteiger partial charge on any atom is 0.411 e. The number of rotatable bonds is 4. The Morgan fingerprint density at radius 1 is 1.32 bits per heavy atom. The van der Waals surface area contributed by atoms with E-state index >= 15 is 0 Å². The normalized spacial score (nSPS) is 11.4. The maximum atomic E-state index is 13.3. The van der Waals surface area contributed by atoms with Gasteiger partial charge in [0.15, 0.2) is 5.82 Å². The van der Waals surface area contributed by atoms with Gasteiger partial charge in [-0.2, -0.15) is 13.2 Å². The van der Waals surface area contributed by atoms with Crippen LogP contribution in [0.25, 0.3) is 0 Å².